The third-order valence-electron chi connectivity index (χ3n) is 3.22. The number of aromatic nitrogens is 2. The molecule has 0 radical (unpaired) electrons. The molecule has 1 N–H and O–H groups in total. The maximum Gasteiger partial charge on any atom is 0.237 e. The SMILES string of the molecule is CCCNC(c1ccc(C)cc1F)c1nccnc1OC. The summed E-state index contributed by atoms with van der Waals surface area (Å²) in [4.78, 5) is 8.48. The molecule has 2 rings (SSSR count). The Bertz CT molecular complexity index is 604. The van der Waals surface area contributed by atoms with E-state index >= 15 is 0 Å². The largest absolute Gasteiger partial charge is 0.480 e. The lowest BCUT2D eigenvalue weighted by atomic mass is 10.0. The number of methoxy groups -OCH3 is 1. The van der Waals surface area contributed by atoms with E-state index in [1.165, 1.54) is 13.2 Å². The highest BCUT2D eigenvalue weighted by Gasteiger charge is 2.22. The van der Waals surface area contributed by atoms with Crippen molar-refractivity contribution in [2.75, 3.05) is 13.7 Å². The fourth-order valence-corrected chi connectivity index (χ4v) is 2.20. The van der Waals surface area contributed by atoms with Gasteiger partial charge in [0.1, 0.15) is 11.5 Å². The molecule has 1 unspecified atom stereocenters. The summed E-state index contributed by atoms with van der Waals surface area (Å²) in [5, 5.41) is 3.31. The van der Waals surface area contributed by atoms with Gasteiger partial charge in [-0.05, 0) is 31.5 Å². The monoisotopic (exact) mass is 289 g/mol. The molecule has 112 valence electrons. The van der Waals surface area contributed by atoms with Gasteiger partial charge in [0.25, 0.3) is 0 Å². The molecule has 0 spiro atoms. The Morgan fingerprint density at radius 1 is 1.29 bits per heavy atom. The van der Waals surface area contributed by atoms with Gasteiger partial charge in [-0.15, -0.1) is 0 Å². The number of nitrogens with one attached hydrogen (secondary N) is 1. The molecular formula is C16H20FN3O. The van der Waals surface area contributed by atoms with E-state index in [2.05, 4.69) is 22.2 Å². The van der Waals surface area contributed by atoms with Gasteiger partial charge < -0.3 is 10.1 Å². The van der Waals surface area contributed by atoms with E-state index in [1.54, 1.807) is 18.5 Å². The standard InChI is InChI=1S/C16H20FN3O/c1-4-7-18-14(12-6-5-11(2)10-13(12)17)15-16(21-3)20-9-8-19-15/h5-6,8-10,14,18H,4,7H2,1-3H3. The lowest BCUT2D eigenvalue weighted by Gasteiger charge is -2.20. The van der Waals surface area contributed by atoms with Crippen LogP contribution in [0.3, 0.4) is 0 Å². The van der Waals surface area contributed by atoms with Crippen molar-refractivity contribution in [2.24, 2.45) is 0 Å². The first kappa shape index (κ1) is 15.4. The molecule has 2 aromatic rings. The quantitative estimate of drug-likeness (QED) is 0.888. The molecule has 1 aromatic carbocycles. The molecule has 5 heteroatoms. The molecule has 0 aliphatic heterocycles. The normalized spacial score (nSPS) is 12.2. The first-order chi connectivity index (χ1) is 10.2. The summed E-state index contributed by atoms with van der Waals surface area (Å²) in [6.45, 7) is 4.67. The molecule has 1 heterocycles. The Labute approximate surface area is 124 Å². The van der Waals surface area contributed by atoms with E-state index in [0.717, 1.165) is 18.5 Å². The van der Waals surface area contributed by atoms with Crippen molar-refractivity contribution in [3.8, 4) is 5.88 Å². The summed E-state index contributed by atoms with van der Waals surface area (Å²) in [7, 11) is 1.54. The average molecular weight is 289 g/mol. The first-order valence-electron chi connectivity index (χ1n) is 7.01. The smallest absolute Gasteiger partial charge is 0.237 e. The second-order valence-electron chi connectivity index (χ2n) is 4.86. The second kappa shape index (κ2) is 7.13. The summed E-state index contributed by atoms with van der Waals surface area (Å²) in [6.07, 6.45) is 4.09. The molecular weight excluding hydrogens is 269 g/mol. The zero-order valence-corrected chi connectivity index (χ0v) is 12.6. The van der Waals surface area contributed by atoms with Crippen molar-refractivity contribution in [3.63, 3.8) is 0 Å². The van der Waals surface area contributed by atoms with E-state index in [1.807, 2.05) is 13.0 Å². The number of ether oxygens (including phenoxy) is 1. The van der Waals surface area contributed by atoms with Crippen LogP contribution in [0, 0.1) is 12.7 Å². The molecule has 21 heavy (non-hydrogen) atoms. The Balaban J connectivity index is 2.47. The predicted molar refractivity (Wildman–Crippen MR) is 79.9 cm³/mol. The Hall–Kier alpha value is -2.01. The Morgan fingerprint density at radius 2 is 2.05 bits per heavy atom. The highest BCUT2D eigenvalue weighted by atomic mass is 19.1. The van der Waals surface area contributed by atoms with Crippen LogP contribution in [0.15, 0.2) is 30.6 Å². The summed E-state index contributed by atoms with van der Waals surface area (Å²) in [5.74, 6) is 0.155. The van der Waals surface area contributed by atoms with Crippen LogP contribution in [0.25, 0.3) is 0 Å². The van der Waals surface area contributed by atoms with Crippen molar-refractivity contribution >= 4 is 0 Å². The fourth-order valence-electron chi connectivity index (χ4n) is 2.20. The van der Waals surface area contributed by atoms with Gasteiger partial charge in [0.05, 0.1) is 13.2 Å². The van der Waals surface area contributed by atoms with Gasteiger partial charge in [-0.1, -0.05) is 19.1 Å². The minimum absolute atomic E-state index is 0.253. The van der Waals surface area contributed by atoms with Crippen LogP contribution in [-0.4, -0.2) is 23.6 Å². The predicted octanol–water partition coefficient (Wildman–Crippen LogP) is 3.02. The Morgan fingerprint density at radius 3 is 2.71 bits per heavy atom. The van der Waals surface area contributed by atoms with Gasteiger partial charge in [-0.25, -0.2) is 9.37 Å². The van der Waals surface area contributed by atoms with Gasteiger partial charge in [0.15, 0.2) is 0 Å². The summed E-state index contributed by atoms with van der Waals surface area (Å²) in [5.41, 5.74) is 2.03. The topological polar surface area (TPSA) is 47.0 Å². The van der Waals surface area contributed by atoms with Crippen LogP contribution >= 0.6 is 0 Å². The highest BCUT2D eigenvalue weighted by Crippen LogP contribution is 2.28. The maximum atomic E-state index is 14.3. The molecule has 1 atom stereocenters. The molecule has 0 amide bonds. The van der Waals surface area contributed by atoms with E-state index in [4.69, 9.17) is 4.74 Å². The van der Waals surface area contributed by atoms with Crippen LogP contribution in [0.5, 0.6) is 5.88 Å². The zero-order chi connectivity index (χ0) is 15.2. The third kappa shape index (κ3) is 3.55. The lowest BCUT2D eigenvalue weighted by molar-refractivity contribution is 0.381. The van der Waals surface area contributed by atoms with Crippen LogP contribution in [0.1, 0.15) is 36.2 Å². The maximum absolute atomic E-state index is 14.3. The van der Waals surface area contributed by atoms with E-state index < -0.39 is 0 Å². The van der Waals surface area contributed by atoms with E-state index in [9.17, 15) is 4.39 Å². The number of nitrogens with zero attached hydrogens (tertiary/aromatic N) is 2. The third-order valence-corrected chi connectivity index (χ3v) is 3.22. The first-order valence-corrected chi connectivity index (χ1v) is 7.01. The lowest BCUT2D eigenvalue weighted by Crippen LogP contribution is -2.25. The molecule has 0 bridgehead atoms. The van der Waals surface area contributed by atoms with Crippen molar-refractivity contribution < 1.29 is 9.13 Å². The number of halogens is 1. The zero-order valence-electron chi connectivity index (χ0n) is 12.6. The van der Waals surface area contributed by atoms with Gasteiger partial charge in [-0.3, -0.25) is 4.98 Å². The van der Waals surface area contributed by atoms with Gasteiger partial charge in [0.2, 0.25) is 5.88 Å². The number of hydrogen-bond acceptors (Lipinski definition) is 4. The molecule has 0 fully saturated rings. The molecule has 0 aliphatic carbocycles. The number of benzene rings is 1. The van der Waals surface area contributed by atoms with Gasteiger partial charge in [-0.2, -0.15) is 0 Å². The van der Waals surface area contributed by atoms with Crippen molar-refractivity contribution in [3.05, 3.63) is 53.2 Å². The average Bonchev–Trinajstić information content (AvgIpc) is 2.49. The van der Waals surface area contributed by atoms with Crippen molar-refractivity contribution in [2.45, 2.75) is 26.3 Å². The molecule has 0 saturated carbocycles. The van der Waals surface area contributed by atoms with Crippen LogP contribution < -0.4 is 10.1 Å². The molecule has 0 aliphatic rings. The summed E-state index contributed by atoms with van der Waals surface area (Å²) in [6, 6.07) is 4.82. The van der Waals surface area contributed by atoms with Crippen LogP contribution in [0.4, 0.5) is 4.39 Å². The number of rotatable bonds is 6. The van der Waals surface area contributed by atoms with E-state index in [-0.39, 0.29) is 11.9 Å². The minimum Gasteiger partial charge on any atom is -0.480 e. The van der Waals surface area contributed by atoms with Crippen LogP contribution in [0.2, 0.25) is 0 Å². The van der Waals surface area contributed by atoms with Crippen LogP contribution in [-0.2, 0) is 0 Å². The van der Waals surface area contributed by atoms with Gasteiger partial charge >= 0.3 is 0 Å². The van der Waals surface area contributed by atoms with Crippen molar-refractivity contribution in [1.82, 2.24) is 15.3 Å². The second-order valence-corrected chi connectivity index (χ2v) is 4.86. The number of hydrogen-bond donors (Lipinski definition) is 1. The van der Waals surface area contributed by atoms with Crippen molar-refractivity contribution in [1.29, 1.82) is 0 Å². The summed E-state index contributed by atoms with van der Waals surface area (Å²) >= 11 is 0. The van der Waals surface area contributed by atoms with Gasteiger partial charge in [0, 0.05) is 18.0 Å². The number of aryl methyl sites for hydroxylation is 1. The molecule has 0 saturated heterocycles. The fraction of sp³-hybridized carbons (Fsp3) is 0.375. The molecule has 1 aromatic heterocycles. The molecule has 4 nitrogen and oxygen atoms in total. The minimum atomic E-state index is -0.380. The highest BCUT2D eigenvalue weighted by molar-refractivity contribution is 5.35. The summed E-state index contributed by atoms with van der Waals surface area (Å²) < 4.78 is 19.6. The van der Waals surface area contributed by atoms with E-state index in [0.29, 0.717) is 17.1 Å². The Kier molecular flexibility index (Phi) is 5.22.